The fourth-order valence-corrected chi connectivity index (χ4v) is 0.827. The van der Waals surface area contributed by atoms with E-state index in [1.54, 1.807) is 18.2 Å². The zero-order valence-corrected chi connectivity index (χ0v) is 9.45. The van der Waals surface area contributed by atoms with Crippen molar-refractivity contribution in [2.45, 2.75) is 13.8 Å². The van der Waals surface area contributed by atoms with Gasteiger partial charge in [-0.2, -0.15) is 0 Å². The van der Waals surface area contributed by atoms with Crippen molar-refractivity contribution in [1.82, 2.24) is 4.98 Å². The van der Waals surface area contributed by atoms with Crippen LogP contribution in [-0.2, 0) is 0 Å². The Hall–Kier alpha value is -0.930. The molecular weight excluding hydrogens is 225 g/mol. The van der Waals surface area contributed by atoms with Crippen molar-refractivity contribution in [2.24, 2.45) is 0 Å². The fraction of sp³-hybridized carbons (Fsp3) is 0.222. The van der Waals surface area contributed by atoms with Crippen LogP contribution in [0, 0.1) is 0 Å². The molecule has 0 saturated carbocycles. The molecule has 0 atom stereocenters. The van der Waals surface area contributed by atoms with Crippen LogP contribution < -0.4 is 0 Å². The number of pyridine rings is 1. The van der Waals surface area contributed by atoms with E-state index >= 15 is 0 Å². The van der Waals surface area contributed by atoms with Crippen LogP contribution in [0.15, 0.2) is 18.2 Å². The maximum absolute atomic E-state index is 10.8. The highest BCUT2D eigenvalue weighted by molar-refractivity contribution is 5.96. The molecule has 1 aromatic rings. The summed E-state index contributed by atoms with van der Waals surface area (Å²) in [6, 6.07) is 4.84. The smallest absolute Gasteiger partial charge is 0.178 e. The summed E-state index contributed by atoms with van der Waals surface area (Å²) in [5, 5.41) is 0. The van der Waals surface area contributed by atoms with E-state index in [1.165, 1.54) is 13.8 Å². The largest absolute Gasteiger partial charge is 0.293 e. The van der Waals surface area contributed by atoms with Crippen LogP contribution in [0.5, 0.6) is 0 Å². The lowest BCUT2D eigenvalue weighted by molar-refractivity contribution is 0.101. The Morgan fingerprint density at radius 2 is 1.36 bits per heavy atom. The van der Waals surface area contributed by atoms with Gasteiger partial charge in [-0.1, -0.05) is 6.07 Å². The van der Waals surface area contributed by atoms with Gasteiger partial charge in [0, 0.05) is 13.8 Å². The van der Waals surface area contributed by atoms with Crippen molar-refractivity contribution in [3.8, 4) is 0 Å². The van der Waals surface area contributed by atoms with Gasteiger partial charge in [-0.15, -0.1) is 24.8 Å². The van der Waals surface area contributed by atoms with E-state index in [1.807, 2.05) is 0 Å². The molecule has 0 amide bonds. The van der Waals surface area contributed by atoms with Gasteiger partial charge in [-0.05, 0) is 12.1 Å². The molecule has 0 spiro atoms. The second-order valence-corrected chi connectivity index (χ2v) is 2.52. The third kappa shape index (κ3) is 3.85. The molecule has 0 aliphatic carbocycles. The van der Waals surface area contributed by atoms with E-state index in [0.717, 1.165) is 0 Å². The van der Waals surface area contributed by atoms with E-state index in [2.05, 4.69) is 4.98 Å². The van der Waals surface area contributed by atoms with E-state index in [9.17, 15) is 9.59 Å². The lowest BCUT2D eigenvalue weighted by atomic mass is 10.2. The zero-order valence-electron chi connectivity index (χ0n) is 7.81. The van der Waals surface area contributed by atoms with Crippen LogP contribution in [-0.4, -0.2) is 16.6 Å². The van der Waals surface area contributed by atoms with Crippen LogP contribution >= 0.6 is 24.8 Å². The fourth-order valence-electron chi connectivity index (χ4n) is 0.827. The number of carbonyl (C=O) groups excluding carboxylic acids is 2. The van der Waals surface area contributed by atoms with Gasteiger partial charge in [0.1, 0.15) is 11.4 Å². The molecule has 0 fully saturated rings. The van der Waals surface area contributed by atoms with Gasteiger partial charge in [0.15, 0.2) is 11.6 Å². The zero-order chi connectivity index (χ0) is 9.14. The highest BCUT2D eigenvalue weighted by Gasteiger charge is 2.04. The summed E-state index contributed by atoms with van der Waals surface area (Å²) in [5.74, 6) is -0.254. The Labute approximate surface area is 94.7 Å². The predicted molar refractivity (Wildman–Crippen MR) is 58.7 cm³/mol. The number of halogens is 2. The summed E-state index contributed by atoms with van der Waals surface area (Å²) in [6.07, 6.45) is 0. The van der Waals surface area contributed by atoms with E-state index < -0.39 is 0 Å². The summed E-state index contributed by atoms with van der Waals surface area (Å²) < 4.78 is 0. The first kappa shape index (κ1) is 15.5. The number of carbonyl (C=O) groups is 2. The van der Waals surface area contributed by atoms with Crippen molar-refractivity contribution >= 4 is 36.4 Å². The average molecular weight is 236 g/mol. The number of rotatable bonds is 2. The first-order chi connectivity index (χ1) is 5.61. The Morgan fingerprint density at radius 3 is 1.64 bits per heavy atom. The minimum absolute atomic E-state index is 0. The van der Waals surface area contributed by atoms with Crippen LogP contribution in [0.2, 0.25) is 0 Å². The summed E-state index contributed by atoms with van der Waals surface area (Å²) in [4.78, 5) is 25.6. The van der Waals surface area contributed by atoms with Crippen molar-refractivity contribution in [3.05, 3.63) is 29.6 Å². The summed E-state index contributed by atoms with van der Waals surface area (Å²) >= 11 is 0. The topological polar surface area (TPSA) is 47.0 Å². The molecule has 1 aromatic heterocycles. The van der Waals surface area contributed by atoms with E-state index in [0.29, 0.717) is 11.4 Å². The van der Waals surface area contributed by atoms with Gasteiger partial charge in [0.25, 0.3) is 0 Å². The van der Waals surface area contributed by atoms with Crippen LogP contribution in [0.25, 0.3) is 0 Å². The molecule has 0 aromatic carbocycles. The van der Waals surface area contributed by atoms with Crippen LogP contribution in [0.4, 0.5) is 0 Å². The Kier molecular flexibility index (Phi) is 7.23. The summed E-state index contributed by atoms with van der Waals surface area (Å²) in [7, 11) is 0. The SMILES string of the molecule is CC(=O)c1cccc(C(C)=O)n1.Cl.Cl. The number of Topliss-reactive ketones (excluding diaryl/α,β-unsaturated/α-hetero) is 2. The monoisotopic (exact) mass is 235 g/mol. The van der Waals surface area contributed by atoms with E-state index in [-0.39, 0.29) is 36.4 Å². The maximum Gasteiger partial charge on any atom is 0.178 e. The molecule has 1 heterocycles. The predicted octanol–water partition coefficient (Wildman–Crippen LogP) is 2.33. The summed E-state index contributed by atoms with van der Waals surface area (Å²) in [6.45, 7) is 2.85. The van der Waals surface area contributed by atoms with Crippen molar-refractivity contribution < 1.29 is 9.59 Å². The Morgan fingerprint density at radius 1 is 1.00 bits per heavy atom. The molecule has 0 unspecified atom stereocenters. The lowest BCUT2D eigenvalue weighted by Gasteiger charge is -1.96. The van der Waals surface area contributed by atoms with Gasteiger partial charge >= 0.3 is 0 Å². The highest BCUT2D eigenvalue weighted by atomic mass is 35.5. The molecule has 5 heteroatoms. The lowest BCUT2D eigenvalue weighted by Crippen LogP contribution is -2.02. The number of hydrogen-bond acceptors (Lipinski definition) is 3. The Balaban J connectivity index is 0. The van der Waals surface area contributed by atoms with Gasteiger partial charge in [0.05, 0.1) is 0 Å². The van der Waals surface area contributed by atoms with Crippen LogP contribution in [0.1, 0.15) is 34.8 Å². The molecule has 0 aliphatic heterocycles. The molecule has 0 aliphatic rings. The normalized spacial score (nSPS) is 8.14. The van der Waals surface area contributed by atoms with Gasteiger partial charge in [0.2, 0.25) is 0 Å². The maximum atomic E-state index is 10.8. The third-order valence-electron chi connectivity index (χ3n) is 1.47. The molecule has 0 radical (unpaired) electrons. The standard InChI is InChI=1S/C9H9NO2.2ClH/c1-6(11)8-4-3-5-9(10-8)7(2)12;;/h3-5H,1-2H3;2*1H. The number of aromatic nitrogens is 1. The second kappa shape index (κ2) is 6.51. The summed E-state index contributed by atoms with van der Waals surface area (Å²) in [5.41, 5.74) is 0.672. The molecule has 3 nitrogen and oxygen atoms in total. The van der Waals surface area contributed by atoms with Crippen LogP contribution in [0.3, 0.4) is 0 Å². The first-order valence-corrected chi connectivity index (χ1v) is 3.60. The molecule has 0 bridgehead atoms. The second-order valence-electron chi connectivity index (χ2n) is 2.52. The molecule has 0 N–H and O–H groups in total. The van der Waals surface area contributed by atoms with Gasteiger partial charge in [-0.25, -0.2) is 4.98 Å². The number of ketones is 2. The molecule has 0 saturated heterocycles. The van der Waals surface area contributed by atoms with Crippen molar-refractivity contribution in [1.29, 1.82) is 0 Å². The van der Waals surface area contributed by atoms with E-state index in [4.69, 9.17) is 0 Å². The molecule has 1 rings (SSSR count). The molecular formula is C9H11Cl2NO2. The number of nitrogens with zero attached hydrogens (tertiary/aromatic N) is 1. The third-order valence-corrected chi connectivity index (χ3v) is 1.47. The number of hydrogen-bond donors (Lipinski definition) is 0. The first-order valence-electron chi connectivity index (χ1n) is 3.60. The van der Waals surface area contributed by atoms with Gasteiger partial charge in [-0.3, -0.25) is 9.59 Å². The Bertz CT molecular complexity index is 310. The molecule has 78 valence electrons. The van der Waals surface area contributed by atoms with Gasteiger partial charge < -0.3 is 0 Å². The average Bonchev–Trinajstić information content (AvgIpc) is 2.04. The minimum atomic E-state index is -0.127. The van der Waals surface area contributed by atoms with Crippen molar-refractivity contribution in [3.63, 3.8) is 0 Å². The highest BCUT2D eigenvalue weighted by Crippen LogP contribution is 2.00. The molecule has 14 heavy (non-hydrogen) atoms. The van der Waals surface area contributed by atoms with Crippen molar-refractivity contribution in [2.75, 3.05) is 0 Å². The minimum Gasteiger partial charge on any atom is -0.293 e. The quantitative estimate of drug-likeness (QED) is 0.740.